The molecule has 3 rings (SSSR count). The lowest BCUT2D eigenvalue weighted by Gasteiger charge is -2.09. The van der Waals surface area contributed by atoms with Crippen molar-refractivity contribution in [3.05, 3.63) is 71.2 Å². The fourth-order valence-electron chi connectivity index (χ4n) is 2.35. The van der Waals surface area contributed by atoms with Crippen LogP contribution in [0.1, 0.15) is 10.4 Å². The number of fused-ring (bicyclic) bond motifs is 1. The van der Waals surface area contributed by atoms with Crippen molar-refractivity contribution in [1.29, 1.82) is 0 Å². The number of anilines is 1. The quantitative estimate of drug-likeness (QED) is 0.694. The first-order valence-electron chi connectivity index (χ1n) is 7.48. The van der Waals surface area contributed by atoms with Gasteiger partial charge in [0.2, 0.25) is 0 Å². The number of carbonyl (C=O) groups excluding carboxylic acids is 2. The Balaban J connectivity index is 1.67. The van der Waals surface area contributed by atoms with E-state index in [1.165, 1.54) is 12.1 Å². The molecule has 126 valence electrons. The molecule has 1 amide bonds. The highest BCUT2D eigenvalue weighted by atomic mass is 35.5. The molecule has 0 bridgehead atoms. The molecule has 0 aliphatic rings. The van der Waals surface area contributed by atoms with E-state index < -0.39 is 18.5 Å². The number of para-hydroxylation sites is 1. The van der Waals surface area contributed by atoms with Gasteiger partial charge in [-0.2, -0.15) is 0 Å². The maximum absolute atomic E-state index is 12.1. The average Bonchev–Trinajstić information content (AvgIpc) is 2.61. The van der Waals surface area contributed by atoms with Gasteiger partial charge in [0.05, 0.1) is 10.7 Å². The summed E-state index contributed by atoms with van der Waals surface area (Å²) in [5.41, 5.74) is 0.433. The Kier molecular flexibility index (Phi) is 4.86. The second kappa shape index (κ2) is 7.23. The number of ether oxygens (including phenoxy) is 1. The lowest BCUT2D eigenvalue weighted by atomic mass is 10.1. The number of phenolic OH excluding ortho intramolecular Hbond substituents is 1. The molecule has 3 aromatic carbocycles. The molecular formula is C19H14ClNO4. The first-order valence-corrected chi connectivity index (χ1v) is 7.85. The van der Waals surface area contributed by atoms with Crippen LogP contribution in [0.5, 0.6) is 5.75 Å². The van der Waals surface area contributed by atoms with E-state index in [1.54, 1.807) is 24.3 Å². The fourth-order valence-corrected chi connectivity index (χ4v) is 2.53. The highest BCUT2D eigenvalue weighted by molar-refractivity contribution is 6.33. The Bertz CT molecular complexity index is 955. The number of amides is 1. The number of aromatic hydroxyl groups is 1. The van der Waals surface area contributed by atoms with Crippen LogP contribution in [0.15, 0.2) is 60.7 Å². The third kappa shape index (κ3) is 3.89. The summed E-state index contributed by atoms with van der Waals surface area (Å²) in [6.07, 6.45) is 0. The van der Waals surface area contributed by atoms with Gasteiger partial charge in [0.25, 0.3) is 5.91 Å². The zero-order valence-corrected chi connectivity index (χ0v) is 13.8. The summed E-state index contributed by atoms with van der Waals surface area (Å²) in [4.78, 5) is 24.0. The van der Waals surface area contributed by atoms with Gasteiger partial charge < -0.3 is 15.2 Å². The standard InChI is InChI=1S/C19H14ClNO4/c20-15-7-3-4-8-16(15)21-18(23)11-25-19(24)14-9-12-5-1-2-6-13(12)10-17(14)22/h1-10,22H,11H2,(H,21,23). The minimum atomic E-state index is -0.780. The number of halogens is 1. The van der Waals surface area contributed by atoms with Gasteiger partial charge in [-0.25, -0.2) is 4.79 Å². The number of carbonyl (C=O) groups is 2. The van der Waals surface area contributed by atoms with Crippen molar-refractivity contribution in [2.24, 2.45) is 0 Å². The SMILES string of the molecule is O=C(COC(=O)c1cc2ccccc2cc1O)Nc1ccccc1Cl. The predicted octanol–water partition coefficient (Wildman–Crippen LogP) is 3.99. The Morgan fingerprint density at radius 1 is 1.00 bits per heavy atom. The molecule has 0 radical (unpaired) electrons. The first kappa shape index (κ1) is 16.8. The summed E-state index contributed by atoms with van der Waals surface area (Å²) in [6, 6.07) is 17.0. The highest BCUT2D eigenvalue weighted by Crippen LogP contribution is 2.25. The van der Waals surface area contributed by atoms with Crippen molar-refractivity contribution in [1.82, 2.24) is 0 Å². The molecule has 0 fully saturated rings. The van der Waals surface area contributed by atoms with Gasteiger partial charge in [0.15, 0.2) is 6.61 Å². The van der Waals surface area contributed by atoms with Gasteiger partial charge in [-0.1, -0.05) is 48.0 Å². The molecule has 0 aliphatic carbocycles. The second-order valence-electron chi connectivity index (χ2n) is 5.32. The van der Waals surface area contributed by atoms with E-state index in [0.717, 1.165) is 10.8 Å². The Hall–Kier alpha value is -3.05. The van der Waals surface area contributed by atoms with Gasteiger partial charge in [-0.05, 0) is 35.0 Å². The normalized spacial score (nSPS) is 10.4. The van der Waals surface area contributed by atoms with Gasteiger partial charge in [0.1, 0.15) is 11.3 Å². The monoisotopic (exact) mass is 355 g/mol. The zero-order chi connectivity index (χ0) is 17.8. The number of hydrogen-bond acceptors (Lipinski definition) is 4. The maximum Gasteiger partial charge on any atom is 0.342 e. The molecule has 0 saturated carbocycles. The summed E-state index contributed by atoms with van der Waals surface area (Å²) >= 11 is 5.95. The van der Waals surface area contributed by atoms with Gasteiger partial charge in [-0.3, -0.25) is 4.79 Å². The van der Waals surface area contributed by atoms with Crippen molar-refractivity contribution >= 4 is 39.9 Å². The van der Waals surface area contributed by atoms with E-state index in [0.29, 0.717) is 10.7 Å². The maximum atomic E-state index is 12.1. The number of benzene rings is 3. The summed E-state index contributed by atoms with van der Waals surface area (Å²) in [6.45, 7) is -0.490. The zero-order valence-electron chi connectivity index (χ0n) is 13.0. The van der Waals surface area contributed by atoms with Crippen molar-refractivity contribution in [3.63, 3.8) is 0 Å². The molecular weight excluding hydrogens is 342 g/mol. The van der Waals surface area contributed by atoms with Crippen LogP contribution in [-0.2, 0) is 9.53 Å². The molecule has 5 nitrogen and oxygen atoms in total. The molecule has 0 atom stereocenters. The highest BCUT2D eigenvalue weighted by Gasteiger charge is 2.16. The summed E-state index contributed by atoms with van der Waals surface area (Å²) < 4.78 is 4.98. The van der Waals surface area contributed by atoms with Crippen LogP contribution in [0.4, 0.5) is 5.69 Å². The lowest BCUT2D eigenvalue weighted by molar-refractivity contribution is -0.119. The van der Waals surface area contributed by atoms with E-state index in [4.69, 9.17) is 16.3 Å². The first-order chi connectivity index (χ1) is 12.0. The number of esters is 1. The van der Waals surface area contributed by atoms with Crippen LogP contribution >= 0.6 is 11.6 Å². The van der Waals surface area contributed by atoms with Crippen LogP contribution in [0.25, 0.3) is 10.8 Å². The van der Waals surface area contributed by atoms with Crippen LogP contribution in [0, 0.1) is 0 Å². The topological polar surface area (TPSA) is 75.6 Å². The van der Waals surface area contributed by atoms with Gasteiger partial charge in [0, 0.05) is 0 Å². The van der Waals surface area contributed by atoms with Crippen molar-refractivity contribution in [2.75, 3.05) is 11.9 Å². The molecule has 0 heterocycles. The third-order valence-corrected chi connectivity index (χ3v) is 3.90. The number of phenols is 1. The third-order valence-electron chi connectivity index (χ3n) is 3.57. The van der Waals surface area contributed by atoms with Crippen molar-refractivity contribution < 1.29 is 19.4 Å². The number of nitrogens with one attached hydrogen (secondary N) is 1. The Labute approximate surface area is 148 Å². The number of rotatable bonds is 4. The minimum absolute atomic E-state index is 0.00393. The largest absolute Gasteiger partial charge is 0.507 e. The molecule has 0 aromatic heterocycles. The summed E-state index contributed by atoms with van der Waals surface area (Å²) in [7, 11) is 0. The van der Waals surface area contributed by atoms with E-state index in [1.807, 2.05) is 24.3 Å². The molecule has 0 unspecified atom stereocenters. The van der Waals surface area contributed by atoms with Crippen molar-refractivity contribution in [2.45, 2.75) is 0 Å². The average molecular weight is 356 g/mol. The van der Waals surface area contributed by atoms with Crippen LogP contribution in [-0.4, -0.2) is 23.6 Å². The van der Waals surface area contributed by atoms with Gasteiger partial charge in [-0.15, -0.1) is 0 Å². The van der Waals surface area contributed by atoms with E-state index in [9.17, 15) is 14.7 Å². The predicted molar refractivity (Wildman–Crippen MR) is 96.0 cm³/mol. The molecule has 0 spiro atoms. The number of hydrogen-bond donors (Lipinski definition) is 2. The second-order valence-corrected chi connectivity index (χ2v) is 5.73. The summed E-state index contributed by atoms with van der Waals surface area (Å²) in [5, 5.41) is 14.5. The minimum Gasteiger partial charge on any atom is -0.507 e. The van der Waals surface area contributed by atoms with Gasteiger partial charge >= 0.3 is 5.97 Å². The smallest absolute Gasteiger partial charge is 0.342 e. The lowest BCUT2D eigenvalue weighted by Crippen LogP contribution is -2.21. The van der Waals surface area contributed by atoms with Crippen LogP contribution in [0.2, 0.25) is 5.02 Å². The molecule has 6 heteroatoms. The van der Waals surface area contributed by atoms with E-state index in [-0.39, 0.29) is 11.3 Å². The van der Waals surface area contributed by atoms with Crippen LogP contribution in [0.3, 0.4) is 0 Å². The molecule has 25 heavy (non-hydrogen) atoms. The van der Waals surface area contributed by atoms with E-state index >= 15 is 0 Å². The molecule has 0 aliphatic heterocycles. The fraction of sp³-hybridized carbons (Fsp3) is 0.0526. The Morgan fingerprint density at radius 3 is 2.36 bits per heavy atom. The van der Waals surface area contributed by atoms with Crippen LogP contribution < -0.4 is 5.32 Å². The molecule has 0 saturated heterocycles. The Morgan fingerprint density at radius 2 is 1.64 bits per heavy atom. The molecule has 3 aromatic rings. The summed E-state index contributed by atoms with van der Waals surface area (Å²) in [5.74, 6) is -1.51. The van der Waals surface area contributed by atoms with Crippen molar-refractivity contribution in [3.8, 4) is 5.75 Å². The van der Waals surface area contributed by atoms with E-state index in [2.05, 4.69) is 5.32 Å². The molecule has 2 N–H and O–H groups in total.